The molecule has 4 aliphatic carbocycles. The molecule has 3 spiro atoms. The summed E-state index contributed by atoms with van der Waals surface area (Å²) in [7, 11) is 0. The van der Waals surface area contributed by atoms with E-state index in [0.29, 0.717) is 25.3 Å². The number of aliphatic hydroxyl groups is 1. The number of carbonyl (C=O) groups is 1. The van der Waals surface area contributed by atoms with E-state index in [1.807, 2.05) is 13.8 Å². The van der Waals surface area contributed by atoms with Gasteiger partial charge >= 0.3 is 0 Å². The van der Waals surface area contributed by atoms with Gasteiger partial charge in [0, 0.05) is 29.7 Å². The fraction of sp³-hybridized carbons (Fsp3) is 0.833. The maximum absolute atomic E-state index is 14.4. The van der Waals surface area contributed by atoms with Crippen molar-refractivity contribution in [3.63, 3.8) is 0 Å². The fourth-order valence-corrected chi connectivity index (χ4v) is 10.3. The first kappa shape index (κ1) is 26.9. The number of hydrogen-bond donors (Lipinski definition) is 1. The molecule has 0 unspecified atom stereocenters. The Kier molecular flexibility index (Phi) is 5.76. The number of nitrogens with zero attached hydrogens (tertiary/aromatic N) is 3. The number of ketones is 1. The summed E-state index contributed by atoms with van der Waals surface area (Å²) in [4.78, 5) is 17.2. The molecule has 40 heavy (non-hydrogen) atoms. The lowest BCUT2D eigenvalue weighted by Gasteiger charge is -2.77. The topological polar surface area (TPSA) is 132 Å². The molecule has 9 atom stereocenters. The van der Waals surface area contributed by atoms with E-state index in [1.165, 1.54) is 5.57 Å². The van der Waals surface area contributed by atoms with E-state index in [4.69, 9.17) is 29.2 Å². The smallest absolute Gasteiger partial charge is 0.213 e. The van der Waals surface area contributed by atoms with Crippen molar-refractivity contribution in [2.24, 2.45) is 39.1 Å². The van der Waals surface area contributed by atoms with Crippen LogP contribution in [-0.2, 0) is 28.5 Å². The van der Waals surface area contributed by atoms with Crippen LogP contribution in [0.25, 0.3) is 10.4 Å². The van der Waals surface area contributed by atoms with Crippen LogP contribution >= 0.6 is 0 Å². The monoisotopic (exact) mass is 555 g/mol. The van der Waals surface area contributed by atoms with E-state index in [9.17, 15) is 9.90 Å². The molecule has 1 N–H and O–H groups in total. The average molecular weight is 556 g/mol. The molecule has 3 saturated carbocycles. The summed E-state index contributed by atoms with van der Waals surface area (Å²) in [5.74, 6) is -2.28. The summed E-state index contributed by atoms with van der Waals surface area (Å²) in [6.45, 7) is 13.7. The number of allylic oxidation sites excluding steroid dienone is 1. The van der Waals surface area contributed by atoms with Crippen LogP contribution in [0.3, 0.4) is 0 Å². The van der Waals surface area contributed by atoms with Gasteiger partial charge < -0.3 is 28.8 Å². The van der Waals surface area contributed by atoms with Gasteiger partial charge in [0.05, 0.1) is 24.7 Å². The Morgan fingerprint density at radius 1 is 1.20 bits per heavy atom. The minimum Gasteiger partial charge on any atom is -0.469 e. The molecule has 0 aromatic rings. The van der Waals surface area contributed by atoms with Gasteiger partial charge in [-0.2, -0.15) is 0 Å². The number of Topliss-reactive ketones (excluding diaryl/α,β-unsaturated/α-hetero) is 1. The summed E-state index contributed by atoms with van der Waals surface area (Å²) in [5, 5.41) is 16.1. The van der Waals surface area contributed by atoms with Gasteiger partial charge in [-0.3, -0.25) is 4.79 Å². The maximum Gasteiger partial charge on any atom is 0.213 e. The van der Waals surface area contributed by atoms with Crippen LogP contribution in [0.5, 0.6) is 0 Å². The van der Waals surface area contributed by atoms with Crippen molar-refractivity contribution < 1.29 is 33.6 Å². The first-order valence-electron chi connectivity index (χ1n) is 14.9. The molecule has 8 rings (SSSR count). The third-order valence-corrected chi connectivity index (χ3v) is 11.2. The summed E-state index contributed by atoms with van der Waals surface area (Å²) in [5.41, 5.74) is 8.15. The normalized spacial score (nSPS) is 47.1. The zero-order valence-corrected chi connectivity index (χ0v) is 24.0. The first-order valence-corrected chi connectivity index (χ1v) is 14.9. The predicted octanol–water partition coefficient (Wildman–Crippen LogP) is 4.92. The molecule has 0 aromatic carbocycles. The third-order valence-electron chi connectivity index (χ3n) is 11.2. The van der Waals surface area contributed by atoms with Crippen molar-refractivity contribution in [1.29, 1.82) is 0 Å². The number of fused-ring (bicyclic) bond motifs is 1. The minimum absolute atomic E-state index is 0.0776. The zero-order chi connectivity index (χ0) is 28.3. The van der Waals surface area contributed by atoms with Crippen LogP contribution in [0.2, 0.25) is 0 Å². The number of azide groups is 1. The molecule has 218 valence electrons. The fourth-order valence-electron chi connectivity index (χ4n) is 10.3. The van der Waals surface area contributed by atoms with Crippen LogP contribution in [0.4, 0.5) is 0 Å². The lowest BCUT2D eigenvalue weighted by Crippen LogP contribution is -2.87. The van der Waals surface area contributed by atoms with Crippen molar-refractivity contribution in [3.8, 4) is 0 Å². The van der Waals surface area contributed by atoms with Crippen molar-refractivity contribution in [1.82, 2.24) is 0 Å². The molecule has 4 heterocycles. The number of unbranched alkanes of at least 4 members (excludes halogenated alkanes) is 1. The van der Waals surface area contributed by atoms with Gasteiger partial charge in [-0.1, -0.05) is 25.5 Å². The van der Waals surface area contributed by atoms with E-state index < -0.39 is 40.9 Å². The van der Waals surface area contributed by atoms with Crippen LogP contribution < -0.4 is 0 Å². The lowest BCUT2D eigenvalue weighted by molar-refractivity contribution is -0.527. The Balaban J connectivity index is 1.32. The lowest BCUT2D eigenvalue weighted by atomic mass is 9.36. The highest BCUT2D eigenvalue weighted by molar-refractivity contribution is 6.05. The highest BCUT2D eigenvalue weighted by Gasteiger charge is 2.90. The Hall–Kier alpha value is -1.94. The van der Waals surface area contributed by atoms with Crippen LogP contribution in [0, 0.1) is 34.0 Å². The minimum atomic E-state index is -1.50. The second-order valence-electron chi connectivity index (χ2n) is 14.1. The van der Waals surface area contributed by atoms with Crippen LogP contribution in [-0.4, -0.2) is 60.7 Å². The molecule has 8 aliphatic rings. The van der Waals surface area contributed by atoms with Gasteiger partial charge in [0.15, 0.2) is 17.9 Å². The molecule has 4 aliphatic heterocycles. The van der Waals surface area contributed by atoms with Gasteiger partial charge in [-0.15, -0.1) is 0 Å². The SMILES string of the molecule is C=C1C(=O)[C@@]23[C@@H]4OC(C)(C)O[C@]25OC[C@]2(C6=C(CC[C@H](OCCCCN=[N+]=[N-])O6)CC(C)(C)[C@H]2[C@@H]5O)[C@@H]3CC[C@@H]14. The summed E-state index contributed by atoms with van der Waals surface area (Å²) < 4.78 is 33.0. The van der Waals surface area contributed by atoms with Crippen molar-refractivity contribution in [2.45, 2.75) is 103 Å². The average Bonchev–Trinajstić information content (AvgIpc) is 3.01. The summed E-state index contributed by atoms with van der Waals surface area (Å²) in [6.07, 6.45) is 3.55. The highest BCUT2D eigenvalue weighted by atomic mass is 16.8. The van der Waals surface area contributed by atoms with Crippen molar-refractivity contribution in [3.05, 3.63) is 33.9 Å². The number of ether oxygens (including phenoxy) is 5. The van der Waals surface area contributed by atoms with Crippen LogP contribution in [0.1, 0.15) is 72.6 Å². The Morgan fingerprint density at radius 3 is 2.77 bits per heavy atom. The number of rotatable bonds is 6. The summed E-state index contributed by atoms with van der Waals surface area (Å²) >= 11 is 0. The zero-order valence-electron chi connectivity index (χ0n) is 24.0. The molecule has 0 amide bonds. The molecule has 6 fully saturated rings. The van der Waals surface area contributed by atoms with E-state index in [2.05, 4.69) is 30.5 Å². The number of carbonyl (C=O) groups excluding carboxylic acids is 1. The van der Waals surface area contributed by atoms with Crippen molar-refractivity contribution >= 4 is 5.78 Å². The molecule has 10 heteroatoms. The molecule has 10 nitrogen and oxygen atoms in total. The molecule has 0 aromatic heterocycles. The largest absolute Gasteiger partial charge is 0.469 e. The molecular weight excluding hydrogens is 514 g/mol. The first-order chi connectivity index (χ1) is 19.0. The highest BCUT2D eigenvalue weighted by Crippen LogP contribution is 2.80. The molecule has 0 radical (unpaired) electrons. The van der Waals surface area contributed by atoms with Crippen LogP contribution in [0.15, 0.2) is 28.6 Å². The standard InChI is InChI=1S/C30H41N3O7/c1-16-18-9-10-19-28-15-37-30(29(19,22(16)34)25(18)39-27(4,5)40-30)23(35)21(28)26(2,3)14-17-8-11-20(38-24(17)28)36-13-7-6-12-32-33-31/h18-21,23,25,35H,1,6-15H2,2-5H3/t18-,19-,20+,21+,23-,25+,28-,29-,30-/m0/s1. The molecular formula is C30H41N3O7. The second-order valence-corrected chi connectivity index (χ2v) is 14.1. The van der Waals surface area contributed by atoms with Gasteiger partial charge in [0.1, 0.15) is 17.3 Å². The Morgan fingerprint density at radius 2 is 2.00 bits per heavy atom. The molecule has 4 bridgehead atoms. The van der Waals surface area contributed by atoms with Gasteiger partial charge in [-0.25, -0.2) is 0 Å². The Bertz CT molecular complexity index is 1240. The van der Waals surface area contributed by atoms with E-state index in [-0.39, 0.29) is 29.0 Å². The van der Waals surface area contributed by atoms with Gasteiger partial charge in [-0.05, 0) is 80.4 Å². The van der Waals surface area contributed by atoms with Gasteiger partial charge in [0.2, 0.25) is 5.79 Å². The maximum atomic E-state index is 14.4. The third kappa shape index (κ3) is 3.08. The molecule has 3 saturated heterocycles. The van der Waals surface area contributed by atoms with E-state index >= 15 is 0 Å². The number of aliphatic hydroxyl groups excluding tert-OH is 1. The van der Waals surface area contributed by atoms with Crippen molar-refractivity contribution in [2.75, 3.05) is 19.8 Å². The Labute approximate surface area is 235 Å². The predicted molar refractivity (Wildman–Crippen MR) is 142 cm³/mol. The summed E-state index contributed by atoms with van der Waals surface area (Å²) in [6, 6.07) is 0. The van der Waals surface area contributed by atoms with E-state index in [0.717, 1.165) is 50.7 Å². The second kappa shape index (κ2) is 8.55. The van der Waals surface area contributed by atoms with Gasteiger partial charge in [0.25, 0.3) is 0 Å². The van der Waals surface area contributed by atoms with E-state index in [1.54, 1.807) is 0 Å². The quantitative estimate of drug-likeness (QED) is 0.162. The number of hydrogen-bond acceptors (Lipinski definition) is 8.